The van der Waals surface area contributed by atoms with Crippen LogP contribution in [0.4, 0.5) is 0 Å². The highest BCUT2D eigenvalue weighted by Gasteiger charge is 2.06. The van der Waals surface area contributed by atoms with Crippen LogP contribution in [0.15, 0.2) is 17.7 Å². The van der Waals surface area contributed by atoms with Crippen LogP contribution < -0.4 is 0 Å². The highest BCUT2D eigenvalue weighted by atomic mass is 32.1. The molecule has 0 aliphatic rings. The van der Waals surface area contributed by atoms with Crippen molar-refractivity contribution in [2.75, 3.05) is 0 Å². The fourth-order valence-corrected chi connectivity index (χ4v) is 1.41. The Morgan fingerprint density at radius 1 is 1.77 bits per heavy atom. The molecule has 0 aromatic carbocycles. The highest BCUT2D eigenvalue weighted by Crippen LogP contribution is 2.13. The number of ether oxygens (including phenoxy) is 1. The molecule has 0 radical (unpaired) electrons. The zero-order valence-corrected chi connectivity index (χ0v) is 8.48. The Labute approximate surface area is 81.1 Å². The van der Waals surface area contributed by atoms with Crippen molar-refractivity contribution in [3.05, 3.63) is 28.2 Å². The number of aromatic nitrogens is 1. The van der Waals surface area contributed by atoms with E-state index in [0.29, 0.717) is 12.2 Å². The molecule has 0 saturated carbocycles. The first-order valence-corrected chi connectivity index (χ1v) is 4.71. The van der Waals surface area contributed by atoms with Crippen LogP contribution >= 0.6 is 11.3 Å². The van der Waals surface area contributed by atoms with Gasteiger partial charge < -0.3 is 4.74 Å². The fraction of sp³-hybridized carbons (Fsp3) is 0.333. The molecular weight excluding hydrogens is 186 g/mol. The van der Waals surface area contributed by atoms with Crippen molar-refractivity contribution in [2.45, 2.75) is 20.5 Å². The molecule has 0 spiro atoms. The minimum absolute atomic E-state index is 0.294. The number of rotatable bonds is 3. The largest absolute Gasteiger partial charge is 0.457 e. The Kier molecular flexibility index (Phi) is 3.19. The van der Waals surface area contributed by atoms with Crippen LogP contribution in [0, 0.1) is 6.92 Å². The van der Waals surface area contributed by atoms with E-state index in [0.717, 1.165) is 10.6 Å². The van der Waals surface area contributed by atoms with Crippen LogP contribution in [0.3, 0.4) is 0 Å². The maximum atomic E-state index is 11.0. The van der Waals surface area contributed by atoms with Gasteiger partial charge in [0, 0.05) is 5.57 Å². The van der Waals surface area contributed by atoms with Gasteiger partial charge in [0.25, 0.3) is 0 Å². The van der Waals surface area contributed by atoms with Crippen molar-refractivity contribution in [1.82, 2.24) is 4.98 Å². The van der Waals surface area contributed by atoms with Crippen molar-refractivity contribution in [3.8, 4) is 0 Å². The normalized spacial score (nSPS) is 9.69. The van der Waals surface area contributed by atoms with E-state index < -0.39 is 0 Å². The topological polar surface area (TPSA) is 39.2 Å². The van der Waals surface area contributed by atoms with E-state index in [9.17, 15) is 4.79 Å². The molecule has 13 heavy (non-hydrogen) atoms. The smallest absolute Gasteiger partial charge is 0.333 e. The fourth-order valence-electron chi connectivity index (χ4n) is 0.719. The molecule has 1 aromatic heterocycles. The lowest BCUT2D eigenvalue weighted by atomic mass is 10.3. The van der Waals surface area contributed by atoms with Crippen molar-refractivity contribution < 1.29 is 9.53 Å². The second-order valence-electron chi connectivity index (χ2n) is 2.72. The zero-order chi connectivity index (χ0) is 9.84. The van der Waals surface area contributed by atoms with Gasteiger partial charge in [-0.2, -0.15) is 0 Å². The van der Waals surface area contributed by atoms with E-state index in [2.05, 4.69) is 11.6 Å². The summed E-state index contributed by atoms with van der Waals surface area (Å²) in [5, 5.41) is 0. The van der Waals surface area contributed by atoms with E-state index in [1.807, 2.05) is 6.92 Å². The molecule has 0 saturated heterocycles. The third-order valence-corrected chi connectivity index (χ3v) is 2.44. The van der Waals surface area contributed by atoms with Gasteiger partial charge in [0.15, 0.2) is 0 Å². The second-order valence-corrected chi connectivity index (χ2v) is 3.66. The van der Waals surface area contributed by atoms with Crippen LogP contribution in [-0.4, -0.2) is 11.0 Å². The van der Waals surface area contributed by atoms with E-state index in [-0.39, 0.29) is 5.97 Å². The van der Waals surface area contributed by atoms with Crippen LogP contribution in [0.5, 0.6) is 0 Å². The molecule has 70 valence electrons. The number of nitrogens with zero attached hydrogens (tertiary/aromatic N) is 1. The lowest BCUT2D eigenvalue weighted by Crippen LogP contribution is -2.04. The molecule has 0 unspecified atom stereocenters. The van der Waals surface area contributed by atoms with Crippen molar-refractivity contribution in [2.24, 2.45) is 0 Å². The third-order valence-electron chi connectivity index (χ3n) is 1.53. The highest BCUT2D eigenvalue weighted by molar-refractivity contribution is 7.09. The third kappa shape index (κ3) is 2.66. The minimum atomic E-state index is -0.354. The molecule has 0 fully saturated rings. The quantitative estimate of drug-likeness (QED) is 0.550. The molecule has 4 heteroatoms. The summed E-state index contributed by atoms with van der Waals surface area (Å²) in [5.74, 6) is -0.354. The van der Waals surface area contributed by atoms with Crippen LogP contribution in [0.1, 0.15) is 17.5 Å². The van der Waals surface area contributed by atoms with Gasteiger partial charge in [-0.25, -0.2) is 9.78 Å². The summed E-state index contributed by atoms with van der Waals surface area (Å²) in [4.78, 5) is 16.0. The van der Waals surface area contributed by atoms with Gasteiger partial charge in [-0.3, -0.25) is 0 Å². The Hall–Kier alpha value is -1.16. The molecule has 1 heterocycles. The maximum Gasteiger partial charge on any atom is 0.333 e. The van der Waals surface area contributed by atoms with Gasteiger partial charge in [0.05, 0.1) is 16.1 Å². The van der Waals surface area contributed by atoms with Gasteiger partial charge in [-0.05, 0) is 13.8 Å². The molecule has 0 aliphatic heterocycles. The zero-order valence-electron chi connectivity index (χ0n) is 7.66. The van der Waals surface area contributed by atoms with Crippen molar-refractivity contribution in [3.63, 3.8) is 0 Å². The van der Waals surface area contributed by atoms with Crippen LogP contribution in [0.25, 0.3) is 0 Å². The van der Waals surface area contributed by atoms with Crippen molar-refractivity contribution >= 4 is 17.3 Å². The average molecular weight is 197 g/mol. The predicted octanol–water partition coefficient (Wildman–Crippen LogP) is 2.07. The number of esters is 1. The summed E-state index contributed by atoms with van der Waals surface area (Å²) < 4.78 is 4.96. The number of hydrogen-bond donors (Lipinski definition) is 0. The molecule has 1 aromatic rings. The summed E-state index contributed by atoms with van der Waals surface area (Å²) in [6.45, 7) is 7.30. The van der Waals surface area contributed by atoms with Crippen LogP contribution in [-0.2, 0) is 16.1 Å². The van der Waals surface area contributed by atoms with Gasteiger partial charge >= 0.3 is 5.97 Å². The second kappa shape index (κ2) is 4.18. The van der Waals surface area contributed by atoms with Gasteiger partial charge in [-0.1, -0.05) is 6.58 Å². The lowest BCUT2D eigenvalue weighted by Gasteiger charge is -2.01. The standard InChI is InChI=1S/C9H11NO2S/c1-6(2)9(11)12-4-8-7(3)10-5-13-8/h5H,1,4H2,2-3H3. The lowest BCUT2D eigenvalue weighted by molar-refractivity contribution is -0.140. The number of aryl methyl sites for hydroxylation is 1. The SMILES string of the molecule is C=C(C)C(=O)OCc1scnc1C. The molecule has 0 bridgehead atoms. The van der Waals surface area contributed by atoms with E-state index in [4.69, 9.17) is 4.74 Å². The molecule has 3 nitrogen and oxygen atoms in total. The van der Waals surface area contributed by atoms with E-state index in [1.165, 1.54) is 11.3 Å². The predicted molar refractivity (Wildman–Crippen MR) is 51.5 cm³/mol. The Balaban J connectivity index is 2.48. The average Bonchev–Trinajstić information content (AvgIpc) is 2.47. The molecule has 0 aliphatic carbocycles. The first kappa shape index (κ1) is 9.92. The first-order chi connectivity index (χ1) is 6.11. The molecular formula is C9H11NO2S. The van der Waals surface area contributed by atoms with Gasteiger partial charge in [0.2, 0.25) is 0 Å². The summed E-state index contributed by atoms with van der Waals surface area (Å²) in [5.41, 5.74) is 3.07. The summed E-state index contributed by atoms with van der Waals surface area (Å²) in [7, 11) is 0. The number of thiazole rings is 1. The van der Waals surface area contributed by atoms with Crippen molar-refractivity contribution in [1.29, 1.82) is 0 Å². The number of hydrogen-bond acceptors (Lipinski definition) is 4. The van der Waals surface area contributed by atoms with E-state index in [1.54, 1.807) is 12.4 Å². The van der Waals surface area contributed by atoms with Gasteiger partial charge in [0.1, 0.15) is 6.61 Å². The number of carbonyl (C=O) groups is 1. The summed E-state index contributed by atoms with van der Waals surface area (Å²) >= 11 is 1.49. The van der Waals surface area contributed by atoms with E-state index >= 15 is 0 Å². The first-order valence-electron chi connectivity index (χ1n) is 3.83. The monoisotopic (exact) mass is 197 g/mol. The molecule has 0 atom stereocenters. The summed E-state index contributed by atoms with van der Waals surface area (Å²) in [6, 6.07) is 0. The van der Waals surface area contributed by atoms with Gasteiger partial charge in [-0.15, -0.1) is 11.3 Å². The Bertz CT molecular complexity index is 330. The molecule has 0 amide bonds. The summed E-state index contributed by atoms with van der Waals surface area (Å²) in [6.07, 6.45) is 0. The molecule has 0 N–H and O–H groups in total. The molecule has 1 rings (SSSR count). The maximum absolute atomic E-state index is 11.0. The minimum Gasteiger partial charge on any atom is -0.457 e. The Morgan fingerprint density at radius 3 is 2.92 bits per heavy atom. The van der Waals surface area contributed by atoms with Crippen LogP contribution in [0.2, 0.25) is 0 Å². The Morgan fingerprint density at radius 2 is 2.46 bits per heavy atom. The number of carbonyl (C=O) groups excluding carboxylic acids is 1.